The lowest BCUT2D eigenvalue weighted by molar-refractivity contribution is -0.138. The third-order valence-corrected chi connectivity index (χ3v) is 2.77. The van der Waals surface area contributed by atoms with Crippen molar-refractivity contribution in [3.63, 3.8) is 0 Å². The van der Waals surface area contributed by atoms with Crippen LogP contribution < -0.4 is 10.1 Å². The summed E-state index contributed by atoms with van der Waals surface area (Å²) >= 11 is 0. The lowest BCUT2D eigenvalue weighted by Crippen LogP contribution is -2.20. The van der Waals surface area contributed by atoms with Crippen molar-refractivity contribution in [1.29, 1.82) is 0 Å². The second kappa shape index (κ2) is 5.08. The SMILES string of the molecule is C[C@H](CC(=O)O)Oc1ccc2c(c1)CCC(=O)N2. The summed E-state index contributed by atoms with van der Waals surface area (Å²) in [6, 6.07) is 5.38. The van der Waals surface area contributed by atoms with Crippen LogP contribution in [0.5, 0.6) is 5.75 Å². The minimum atomic E-state index is -0.882. The van der Waals surface area contributed by atoms with Crippen molar-refractivity contribution in [2.24, 2.45) is 0 Å². The van der Waals surface area contributed by atoms with Crippen LogP contribution in [0.3, 0.4) is 0 Å². The van der Waals surface area contributed by atoms with E-state index in [-0.39, 0.29) is 18.4 Å². The predicted octanol–water partition coefficient (Wildman–Crippen LogP) is 1.81. The van der Waals surface area contributed by atoms with E-state index in [1.807, 2.05) is 6.07 Å². The molecular weight excluding hydrogens is 234 g/mol. The monoisotopic (exact) mass is 249 g/mol. The Hall–Kier alpha value is -2.04. The summed E-state index contributed by atoms with van der Waals surface area (Å²) in [4.78, 5) is 21.7. The first-order valence-electron chi connectivity index (χ1n) is 5.86. The Balaban J connectivity index is 2.07. The first-order valence-corrected chi connectivity index (χ1v) is 5.86. The Morgan fingerprint density at radius 3 is 3.00 bits per heavy atom. The van der Waals surface area contributed by atoms with Crippen LogP contribution >= 0.6 is 0 Å². The number of benzene rings is 1. The molecule has 5 nitrogen and oxygen atoms in total. The van der Waals surface area contributed by atoms with Crippen LogP contribution in [0.1, 0.15) is 25.3 Å². The van der Waals surface area contributed by atoms with Crippen molar-refractivity contribution in [2.75, 3.05) is 5.32 Å². The van der Waals surface area contributed by atoms with E-state index in [1.54, 1.807) is 19.1 Å². The van der Waals surface area contributed by atoms with Crippen LogP contribution in [-0.4, -0.2) is 23.1 Å². The van der Waals surface area contributed by atoms with Crippen LogP contribution in [0, 0.1) is 0 Å². The second-order valence-electron chi connectivity index (χ2n) is 4.39. The Bertz CT molecular complexity index is 484. The van der Waals surface area contributed by atoms with Crippen molar-refractivity contribution in [1.82, 2.24) is 0 Å². The Kier molecular flexibility index (Phi) is 3.50. The number of carboxylic acids is 1. The van der Waals surface area contributed by atoms with E-state index in [0.29, 0.717) is 18.6 Å². The molecule has 2 N–H and O–H groups in total. The van der Waals surface area contributed by atoms with E-state index in [1.165, 1.54) is 0 Å². The molecule has 18 heavy (non-hydrogen) atoms. The molecule has 1 atom stereocenters. The van der Waals surface area contributed by atoms with Gasteiger partial charge in [0.25, 0.3) is 0 Å². The molecule has 0 aromatic heterocycles. The van der Waals surface area contributed by atoms with Gasteiger partial charge in [0, 0.05) is 12.1 Å². The second-order valence-corrected chi connectivity index (χ2v) is 4.39. The first kappa shape index (κ1) is 12.4. The lowest BCUT2D eigenvalue weighted by atomic mass is 10.0. The molecule has 0 spiro atoms. The van der Waals surface area contributed by atoms with Crippen molar-refractivity contribution in [3.05, 3.63) is 23.8 Å². The molecule has 1 amide bonds. The largest absolute Gasteiger partial charge is 0.490 e. The van der Waals surface area contributed by atoms with Gasteiger partial charge in [0.05, 0.1) is 6.42 Å². The highest BCUT2D eigenvalue weighted by atomic mass is 16.5. The lowest BCUT2D eigenvalue weighted by Gasteiger charge is -2.19. The summed E-state index contributed by atoms with van der Waals surface area (Å²) in [5.74, 6) is -0.221. The van der Waals surface area contributed by atoms with Gasteiger partial charge in [-0.05, 0) is 37.1 Å². The van der Waals surface area contributed by atoms with Crippen molar-refractivity contribution >= 4 is 17.6 Å². The van der Waals surface area contributed by atoms with Crippen LogP contribution in [0.2, 0.25) is 0 Å². The van der Waals surface area contributed by atoms with Crippen LogP contribution in [0.15, 0.2) is 18.2 Å². The summed E-state index contributed by atoms with van der Waals surface area (Å²) < 4.78 is 5.52. The van der Waals surface area contributed by atoms with Gasteiger partial charge in [-0.15, -0.1) is 0 Å². The van der Waals surface area contributed by atoms with Crippen LogP contribution in [-0.2, 0) is 16.0 Å². The molecule has 0 saturated heterocycles. The van der Waals surface area contributed by atoms with Gasteiger partial charge < -0.3 is 15.2 Å². The molecule has 1 aromatic rings. The maximum Gasteiger partial charge on any atom is 0.307 e. The average Bonchev–Trinajstić information content (AvgIpc) is 2.28. The molecule has 0 unspecified atom stereocenters. The zero-order valence-corrected chi connectivity index (χ0v) is 10.1. The molecule has 96 valence electrons. The normalized spacial score (nSPS) is 15.5. The Morgan fingerprint density at radius 1 is 1.50 bits per heavy atom. The van der Waals surface area contributed by atoms with E-state index in [2.05, 4.69) is 5.32 Å². The summed E-state index contributed by atoms with van der Waals surface area (Å²) in [7, 11) is 0. The van der Waals surface area contributed by atoms with Crippen molar-refractivity contribution in [3.8, 4) is 5.75 Å². The molecule has 2 rings (SSSR count). The first-order chi connectivity index (χ1) is 8.54. The fourth-order valence-corrected chi connectivity index (χ4v) is 1.95. The van der Waals surface area contributed by atoms with Gasteiger partial charge in [-0.1, -0.05) is 0 Å². The number of fused-ring (bicyclic) bond motifs is 1. The van der Waals surface area contributed by atoms with E-state index >= 15 is 0 Å². The highest BCUT2D eigenvalue weighted by Gasteiger charge is 2.16. The molecule has 0 aliphatic carbocycles. The number of anilines is 1. The number of carboxylic acid groups (broad SMARTS) is 1. The fraction of sp³-hybridized carbons (Fsp3) is 0.385. The topological polar surface area (TPSA) is 75.6 Å². The molecule has 0 saturated carbocycles. The highest BCUT2D eigenvalue weighted by molar-refractivity contribution is 5.93. The van der Waals surface area contributed by atoms with E-state index in [0.717, 1.165) is 11.3 Å². The molecule has 0 radical (unpaired) electrons. The number of ether oxygens (including phenoxy) is 1. The molecular formula is C13H15NO4. The summed E-state index contributed by atoms with van der Waals surface area (Å²) in [5, 5.41) is 11.4. The van der Waals surface area contributed by atoms with Crippen molar-refractivity contribution in [2.45, 2.75) is 32.3 Å². The van der Waals surface area contributed by atoms with Gasteiger partial charge in [-0.3, -0.25) is 9.59 Å². The number of nitrogens with one attached hydrogen (secondary N) is 1. The number of carbonyl (C=O) groups is 2. The number of hydrogen-bond acceptors (Lipinski definition) is 3. The van der Waals surface area contributed by atoms with E-state index in [9.17, 15) is 9.59 Å². The Morgan fingerprint density at radius 2 is 2.28 bits per heavy atom. The number of rotatable bonds is 4. The number of amides is 1. The smallest absolute Gasteiger partial charge is 0.307 e. The molecule has 1 aliphatic heterocycles. The number of carbonyl (C=O) groups excluding carboxylic acids is 1. The number of aliphatic carboxylic acids is 1. The third-order valence-electron chi connectivity index (χ3n) is 2.77. The van der Waals surface area contributed by atoms with Crippen LogP contribution in [0.25, 0.3) is 0 Å². The minimum Gasteiger partial charge on any atom is -0.490 e. The predicted molar refractivity (Wildman–Crippen MR) is 65.7 cm³/mol. The average molecular weight is 249 g/mol. The number of aryl methyl sites for hydroxylation is 1. The maximum absolute atomic E-state index is 11.2. The molecule has 5 heteroatoms. The Labute approximate surface area is 105 Å². The molecule has 0 bridgehead atoms. The summed E-state index contributed by atoms with van der Waals surface area (Å²) in [6.45, 7) is 1.72. The third kappa shape index (κ3) is 3.00. The summed E-state index contributed by atoms with van der Waals surface area (Å²) in [5.41, 5.74) is 1.83. The van der Waals surface area contributed by atoms with Crippen molar-refractivity contribution < 1.29 is 19.4 Å². The maximum atomic E-state index is 11.2. The quantitative estimate of drug-likeness (QED) is 0.853. The van der Waals surface area contributed by atoms with Gasteiger partial charge in [0.1, 0.15) is 11.9 Å². The van der Waals surface area contributed by atoms with Gasteiger partial charge in [0.2, 0.25) is 5.91 Å². The van der Waals surface area contributed by atoms with Crippen LogP contribution in [0.4, 0.5) is 5.69 Å². The molecule has 1 heterocycles. The van der Waals surface area contributed by atoms with E-state index < -0.39 is 5.97 Å². The fourth-order valence-electron chi connectivity index (χ4n) is 1.95. The zero-order valence-electron chi connectivity index (χ0n) is 10.1. The number of hydrogen-bond donors (Lipinski definition) is 2. The molecule has 1 aliphatic rings. The summed E-state index contributed by atoms with van der Waals surface area (Å²) in [6.07, 6.45) is 0.749. The standard InChI is InChI=1S/C13H15NO4/c1-8(6-13(16)17)18-10-3-4-11-9(7-10)2-5-12(15)14-11/h3-4,7-8H,2,5-6H2,1H3,(H,14,15)(H,16,17)/t8-/m1/s1. The van der Waals surface area contributed by atoms with Gasteiger partial charge in [0.15, 0.2) is 0 Å². The van der Waals surface area contributed by atoms with Gasteiger partial charge in [-0.25, -0.2) is 0 Å². The minimum absolute atomic E-state index is 0.0235. The van der Waals surface area contributed by atoms with Gasteiger partial charge >= 0.3 is 5.97 Å². The molecule has 1 aromatic carbocycles. The zero-order chi connectivity index (χ0) is 13.1. The molecule has 0 fully saturated rings. The van der Waals surface area contributed by atoms with Gasteiger partial charge in [-0.2, -0.15) is 0 Å². The van der Waals surface area contributed by atoms with E-state index in [4.69, 9.17) is 9.84 Å². The highest BCUT2D eigenvalue weighted by Crippen LogP contribution is 2.27.